The second-order valence-corrected chi connectivity index (χ2v) is 7.36. The van der Waals surface area contributed by atoms with Crippen LogP contribution in [0, 0.1) is 5.92 Å². The van der Waals surface area contributed by atoms with Crippen molar-refractivity contribution in [2.24, 2.45) is 5.92 Å². The van der Waals surface area contributed by atoms with E-state index in [1.54, 1.807) is 0 Å². The van der Waals surface area contributed by atoms with E-state index in [4.69, 9.17) is 10.1 Å². The normalized spacial score (nSPS) is 14.9. The Hall–Kier alpha value is -3.08. The summed E-state index contributed by atoms with van der Waals surface area (Å²) in [6.07, 6.45) is 2.11. The molecular weight excluding hydrogens is 350 g/mol. The van der Waals surface area contributed by atoms with Crippen LogP contribution in [0.15, 0.2) is 60.7 Å². The molecule has 1 aliphatic heterocycles. The predicted octanol–water partition coefficient (Wildman–Crippen LogP) is 4.78. The maximum Gasteiger partial charge on any atom is 0.404 e. The quantitative estimate of drug-likeness (QED) is 0.674. The molecule has 1 saturated heterocycles. The first-order chi connectivity index (χ1) is 13.7. The number of amides is 1. The first-order valence-corrected chi connectivity index (χ1v) is 9.87. The molecule has 0 spiro atoms. The Morgan fingerprint density at radius 1 is 1.04 bits per heavy atom. The third kappa shape index (κ3) is 4.09. The SMILES string of the molecule is O=C(O)NCCC1CCN(c2cccc(-c3cccc4ccccc34)n2)CC1. The molecule has 0 radical (unpaired) electrons. The fraction of sp³-hybridized carbons (Fsp3) is 0.304. The molecule has 5 heteroatoms. The minimum absolute atomic E-state index is 0.537. The minimum Gasteiger partial charge on any atom is -0.465 e. The van der Waals surface area contributed by atoms with Gasteiger partial charge in [0, 0.05) is 25.2 Å². The smallest absolute Gasteiger partial charge is 0.404 e. The van der Waals surface area contributed by atoms with E-state index in [9.17, 15) is 4.79 Å². The van der Waals surface area contributed by atoms with E-state index in [0.717, 1.165) is 49.4 Å². The summed E-state index contributed by atoms with van der Waals surface area (Å²) >= 11 is 0. The van der Waals surface area contributed by atoms with Gasteiger partial charge in [0.1, 0.15) is 5.82 Å². The van der Waals surface area contributed by atoms with Gasteiger partial charge in [0.25, 0.3) is 0 Å². The van der Waals surface area contributed by atoms with E-state index >= 15 is 0 Å². The summed E-state index contributed by atoms with van der Waals surface area (Å²) in [7, 11) is 0. The second-order valence-electron chi connectivity index (χ2n) is 7.36. The van der Waals surface area contributed by atoms with Crippen molar-refractivity contribution in [1.29, 1.82) is 0 Å². The molecule has 144 valence electrons. The van der Waals surface area contributed by atoms with Crippen LogP contribution in [0.1, 0.15) is 19.3 Å². The molecule has 1 fully saturated rings. The highest BCUT2D eigenvalue weighted by Gasteiger charge is 2.20. The van der Waals surface area contributed by atoms with Crippen molar-refractivity contribution in [1.82, 2.24) is 10.3 Å². The summed E-state index contributed by atoms with van der Waals surface area (Å²) in [5.74, 6) is 1.59. The highest BCUT2D eigenvalue weighted by molar-refractivity contribution is 5.95. The monoisotopic (exact) mass is 375 g/mol. The van der Waals surface area contributed by atoms with Crippen molar-refractivity contribution in [3.8, 4) is 11.3 Å². The van der Waals surface area contributed by atoms with E-state index in [-0.39, 0.29) is 0 Å². The fourth-order valence-electron chi connectivity index (χ4n) is 4.03. The predicted molar refractivity (Wildman–Crippen MR) is 113 cm³/mol. The molecule has 3 aromatic rings. The van der Waals surface area contributed by atoms with Crippen LogP contribution in [-0.4, -0.2) is 35.8 Å². The molecule has 5 nitrogen and oxygen atoms in total. The van der Waals surface area contributed by atoms with E-state index < -0.39 is 6.09 Å². The number of pyridine rings is 1. The Labute approximate surface area is 165 Å². The van der Waals surface area contributed by atoms with E-state index in [0.29, 0.717) is 12.5 Å². The lowest BCUT2D eigenvalue weighted by molar-refractivity contribution is 0.193. The summed E-state index contributed by atoms with van der Waals surface area (Å²) in [6.45, 7) is 2.46. The molecule has 0 aliphatic carbocycles. The van der Waals surface area contributed by atoms with E-state index in [1.165, 1.54) is 10.8 Å². The highest BCUT2D eigenvalue weighted by Crippen LogP contribution is 2.30. The molecule has 28 heavy (non-hydrogen) atoms. The van der Waals surface area contributed by atoms with Gasteiger partial charge < -0.3 is 15.3 Å². The van der Waals surface area contributed by atoms with Crippen LogP contribution in [0.2, 0.25) is 0 Å². The molecule has 1 aliphatic rings. The van der Waals surface area contributed by atoms with Crippen molar-refractivity contribution in [3.63, 3.8) is 0 Å². The van der Waals surface area contributed by atoms with Crippen LogP contribution in [-0.2, 0) is 0 Å². The lowest BCUT2D eigenvalue weighted by Gasteiger charge is -2.33. The molecular formula is C23H25N3O2. The van der Waals surface area contributed by atoms with Crippen LogP contribution in [0.5, 0.6) is 0 Å². The number of nitrogens with one attached hydrogen (secondary N) is 1. The first kappa shape index (κ1) is 18.3. The number of hydrogen-bond donors (Lipinski definition) is 2. The van der Waals surface area contributed by atoms with Gasteiger partial charge in [-0.05, 0) is 48.1 Å². The molecule has 0 saturated carbocycles. The van der Waals surface area contributed by atoms with Gasteiger partial charge in [0.15, 0.2) is 0 Å². The second kappa shape index (κ2) is 8.30. The fourth-order valence-corrected chi connectivity index (χ4v) is 4.03. The van der Waals surface area contributed by atoms with Gasteiger partial charge in [-0.1, -0.05) is 48.5 Å². The van der Waals surface area contributed by atoms with Gasteiger partial charge in [0.2, 0.25) is 0 Å². The Bertz CT molecular complexity index is 959. The van der Waals surface area contributed by atoms with Crippen molar-refractivity contribution >= 4 is 22.7 Å². The van der Waals surface area contributed by atoms with Crippen molar-refractivity contribution in [2.75, 3.05) is 24.5 Å². The number of benzene rings is 2. The van der Waals surface area contributed by atoms with Gasteiger partial charge in [-0.3, -0.25) is 0 Å². The van der Waals surface area contributed by atoms with Crippen LogP contribution in [0.4, 0.5) is 10.6 Å². The molecule has 0 bridgehead atoms. The van der Waals surface area contributed by atoms with Gasteiger partial charge in [-0.15, -0.1) is 0 Å². The van der Waals surface area contributed by atoms with Crippen molar-refractivity contribution < 1.29 is 9.90 Å². The Morgan fingerprint density at radius 3 is 2.61 bits per heavy atom. The maximum absolute atomic E-state index is 10.6. The number of nitrogens with zero attached hydrogens (tertiary/aromatic N) is 2. The zero-order valence-electron chi connectivity index (χ0n) is 15.8. The van der Waals surface area contributed by atoms with Crippen molar-refractivity contribution in [3.05, 3.63) is 60.7 Å². The number of aromatic nitrogens is 1. The molecule has 2 heterocycles. The summed E-state index contributed by atoms with van der Waals surface area (Å²) < 4.78 is 0. The van der Waals surface area contributed by atoms with Crippen molar-refractivity contribution in [2.45, 2.75) is 19.3 Å². The zero-order chi connectivity index (χ0) is 19.3. The number of piperidine rings is 1. The summed E-state index contributed by atoms with van der Waals surface area (Å²) in [6, 6.07) is 21.0. The van der Waals surface area contributed by atoms with Crippen LogP contribution >= 0.6 is 0 Å². The molecule has 0 atom stereocenters. The van der Waals surface area contributed by atoms with Gasteiger partial charge in [0.05, 0.1) is 5.69 Å². The Morgan fingerprint density at radius 2 is 1.79 bits per heavy atom. The molecule has 1 aromatic heterocycles. The van der Waals surface area contributed by atoms with Crippen LogP contribution in [0.3, 0.4) is 0 Å². The van der Waals surface area contributed by atoms with Crippen LogP contribution < -0.4 is 10.2 Å². The van der Waals surface area contributed by atoms with E-state index in [1.807, 2.05) is 0 Å². The highest BCUT2D eigenvalue weighted by atomic mass is 16.4. The summed E-state index contributed by atoms with van der Waals surface area (Å²) in [5, 5.41) is 13.6. The molecule has 2 aromatic carbocycles. The van der Waals surface area contributed by atoms with Gasteiger partial charge in [-0.2, -0.15) is 0 Å². The Balaban J connectivity index is 1.47. The molecule has 0 unspecified atom stereocenters. The topological polar surface area (TPSA) is 65.5 Å². The van der Waals surface area contributed by atoms with Gasteiger partial charge >= 0.3 is 6.09 Å². The van der Waals surface area contributed by atoms with Crippen LogP contribution in [0.25, 0.3) is 22.0 Å². The number of carboxylic acid groups (broad SMARTS) is 1. The number of carbonyl (C=O) groups is 1. The molecule has 2 N–H and O–H groups in total. The number of rotatable bonds is 5. The summed E-state index contributed by atoms with van der Waals surface area (Å²) in [5.41, 5.74) is 2.16. The third-order valence-electron chi connectivity index (χ3n) is 5.57. The third-order valence-corrected chi connectivity index (χ3v) is 5.57. The summed E-state index contributed by atoms with van der Waals surface area (Å²) in [4.78, 5) is 17.9. The standard InChI is InChI=1S/C23H25N3O2/c27-23(28)24-14-11-17-12-15-26(16-13-17)22-10-4-9-21(25-22)20-8-3-6-18-5-1-2-7-19(18)20/h1-10,17,24H,11-16H2,(H,27,28). The number of hydrogen-bond acceptors (Lipinski definition) is 3. The number of fused-ring (bicyclic) bond motifs is 1. The average molecular weight is 375 g/mol. The van der Waals surface area contributed by atoms with E-state index in [2.05, 4.69) is 70.9 Å². The van der Waals surface area contributed by atoms with Gasteiger partial charge in [-0.25, -0.2) is 9.78 Å². The lowest BCUT2D eigenvalue weighted by Crippen LogP contribution is -2.35. The minimum atomic E-state index is -0.938. The zero-order valence-corrected chi connectivity index (χ0v) is 15.8. The number of anilines is 1. The lowest BCUT2D eigenvalue weighted by atomic mass is 9.93. The first-order valence-electron chi connectivity index (χ1n) is 9.87. The molecule has 4 rings (SSSR count). The largest absolute Gasteiger partial charge is 0.465 e. The maximum atomic E-state index is 10.6. The molecule has 1 amide bonds. The average Bonchev–Trinajstić information content (AvgIpc) is 2.74. The Kier molecular flexibility index (Phi) is 5.42.